The number of aryl methyl sites for hydroxylation is 2. The first-order valence-corrected chi connectivity index (χ1v) is 8.73. The van der Waals surface area contributed by atoms with Gasteiger partial charge in [-0.15, -0.1) is 11.8 Å². The third kappa shape index (κ3) is 4.61. The molecule has 2 rings (SSSR count). The molecule has 0 aliphatic heterocycles. The Bertz CT molecular complexity index is 563. The predicted molar refractivity (Wildman–Crippen MR) is 90.7 cm³/mol. The molecule has 1 heterocycles. The summed E-state index contributed by atoms with van der Waals surface area (Å²) in [6, 6.07) is 11.0. The largest absolute Gasteiger partial charge is 0.313 e. The number of hydrogen-bond acceptors (Lipinski definition) is 3. The summed E-state index contributed by atoms with van der Waals surface area (Å²) in [7, 11) is 0. The van der Waals surface area contributed by atoms with Crippen molar-refractivity contribution in [1.82, 2.24) is 15.1 Å². The maximum absolute atomic E-state index is 4.61. The van der Waals surface area contributed by atoms with E-state index in [4.69, 9.17) is 0 Å². The maximum atomic E-state index is 4.61. The van der Waals surface area contributed by atoms with E-state index in [1.807, 2.05) is 11.8 Å². The van der Waals surface area contributed by atoms with E-state index in [1.54, 1.807) is 0 Å². The number of hydrogen-bond donors (Lipinski definition) is 1. The first-order valence-electron chi connectivity index (χ1n) is 7.74. The van der Waals surface area contributed by atoms with Crippen LogP contribution in [0.1, 0.15) is 37.7 Å². The molecule has 114 valence electrons. The fraction of sp³-hybridized carbons (Fsp3) is 0.471. The van der Waals surface area contributed by atoms with Gasteiger partial charge in [0, 0.05) is 29.4 Å². The summed E-state index contributed by atoms with van der Waals surface area (Å²) in [4.78, 5) is 1.33. The monoisotopic (exact) mass is 303 g/mol. The molecular formula is C17H25N3S. The minimum atomic E-state index is 0.941. The van der Waals surface area contributed by atoms with Gasteiger partial charge in [0.2, 0.25) is 0 Å². The number of thioether (sulfide) groups is 1. The Morgan fingerprint density at radius 3 is 2.76 bits per heavy atom. The first-order chi connectivity index (χ1) is 10.3. The van der Waals surface area contributed by atoms with Crippen molar-refractivity contribution >= 4 is 11.8 Å². The zero-order valence-electron chi connectivity index (χ0n) is 13.2. The fourth-order valence-corrected chi connectivity index (χ4v) is 3.21. The van der Waals surface area contributed by atoms with Gasteiger partial charge in [-0.05, 0) is 43.7 Å². The molecule has 0 aliphatic carbocycles. The van der Waals surface area contributed by atoms with Crippen molar-refractivity contribution in [2.75, 3.05) is 6.54 Å². The van der Waals surface area contributed by atoms with Crippen LogP contribution in [0.5, 0.6) is 0 Å². The third-order valence-electron chi connectivity index (χ3n) is 3.44. The number of benzene rings is 1. The Hall–Kier alpha value is -1.26. The minimum absolute atomic E-state index is 0.941. The van der Waals surface area contributed by atoms with E-state index in [-0.39, 0.29) is 0 Å². The Morgan fingerprint density at radius 1 is 1.19 bits per heavy atom. The lowest BCUT2D eigenvalue weighted by Crippen LogP contribution is -2.11. The normalized spacial score (nSPS) is 11.0. The lowest BCUT2D eigenvalue weighted by Gasteiger charge is -2.07. The van der Waals surface area contributed by atoms with E-state index >= 15 is 0 Å². The highest BCUT2D eigenvalue weighted by molar-refractivity contribution is 7.98. The third-order valence-corrected chi connectivity index (χ3v) is 4.47. The molecule has 0 saturated heterocycles. The van der Waals surface area contributed by atoms with Crippen LogP contribution in [-0.4, -0.2) is 16.3 Å². The number of rotatable bonds is 8. The number of nitrogens with zero attached hydrogens (tertiary/aromatic N) is 2. The molecule has 21 heavy (non-hydrogen) atoms. The van der Waals surface area contributed by atoms with Crippen LogP contribution < -0.4 is 5.32 Å². The Balaban J connectivity index is 2.00. The molecule has 0 radical (unpaired) electrons. The summed E-state index contributed by atoms with van der Waals surface area (Å²) in [5.41, 5.74) is 3.85. The number of aromatic nitrogens is 2. The van der Waals surface area contributed by atoms with E-state index in [1.165, 1.54) is 21.8 Å². The summed E-state index contributed by atoms with van der Waals surface area (Å²) in [5.74, 6) is 0.978. The second kappa shape index (κ2) is 8.25. The molecular weight excluding hydrogens is 278 g/mol. The summed E-state index contributed by atoms with van der Waals surface area (Å²) >= 11 is 1.89. The lowest BCUT2D eigenvalue weighted by atomic mass is 10.2. The Morgan fingerprint density at radius 2 is 2.05 bits per heavy atom. The second-order valence-electron chi connectivity index (χ2n) is 5.01. The van der Waals surface area contributed by atoms with Gasteiger partial charge >= 0.3 is 0 Å². The van der Waals surface area contributed by atoms with E-state index < -0.39 is 0 Å². The summed E-state index contributed by atoms with van der Waals surface area (Å²) in [5, 5.41) is 7.98. The fourth-order valence-electron chi connectivity index (χ4n) is 2.25. The van der Waals surface area contributed by atoms with Crippen molar-refractivity contribution in [3.05, 3.63) is 47.3 Å². The number of nitrogens with one attached hydrogen (secondary N) is 1. The molecule has 0 bridgehead atoms. The van der Waals surface area contributed by atoms with E-state index in [9.17, 15) is 0 Å². The molecule has 1 aromatic carbocycles. The van der Waals surface area contributed by atoms with Crippen molar-refractivity contribution in [3.63, 3.8) is 0 Å². The molecule has 4 heteroatoms. The standard InChI is InChI=1S/C17H25N3S/c1-4-15-11-16(20(6-3)19-15)13-21-17-9-7-8-14(10-17)12-18-5-2/h7-11,18H,4-6,12-13H2,1-3H3. The van der Waals surface area contributed by atoms with Crippen molar-refractivity contribution in [2.24, 2.45) is 0 Å². The van der Waals surface area contributed by atoms with E-state index in [0.717, 1.165) is 31.8 Å². The molecule has 0 spiro atoms. The predicted octanol–water partition coefficient (Wildman–Crippen LogP) is 3.87. The van der Waals surface area contributed by atoms with Crippen molar-refractivity contribution in [1.29, 1.82) is 0 Å². The van der Waals surface area contributed by atoms with Crippen LogP contribution in [-0.2, 0) is 25.3 Å². The van der Waals surface area contributed by atoms with Gasteiger partial charge < -0.3 is 5.32 Å². The van der Waals surface area contributed by atoms with Crippen molar-refractivity contribution in [2.45, 2.75) is 50.9 Å². The van der Waals surface area contributed by atoms with Crippen LogP contribution in [0.25, 0.3) is 0 Å². The highest BCUT2D eigenvalue weighted by atomic mass is 32.2. The van der Waals surface area contributed by atoms with E-state index in [0.29, 0.717) is 0 Å². The average Bonchev–Trinajstić information content (AvgIpc) is 2.94. The molecule has 0 fully saturated rings. The summed E-state index contributed by atoms with van der Waals surface area (Å²) in [6.07, 6.45) is 1.00. The van der Waals surface area contributed by atoms with Gasteiger partial charge in [0.05, 0.1) is 5.69 Å². The minimum Gasteiger partial charge on any atom is -0.313 e. The van der Waals surface area contributed by atoms with Gasteiger partial charge in [-0.25, -0.2) is 0 Å². The first kappa shape index (κ1) is 16.1. The average molecular weight is 303 g/mol. The van der Waals surface area contributed by atoms with Crippen LogP contribution in [0.3, 0.4) is 0 Å². The van der Waals surface area contributed by atoms with Crippen LogP contribution in [0.15, 0.2) is 35.2 Å². The summed E-state index contributed by atoms with van der Waals surface area (Å²) < 4.78 is 2.12. The Kier molecular flexibility index (Phi) is 6.33. The molecule has 2 aromatic rings. The highest BCUT2D eigenvalue weighted by Gasteiger charge is 2.06. The van der Waals surface area contributed by atoms with Crippen molar-refractivity contribution < 1.29 is 0 Å². The van der Waals surface area contributed by atoms with Gasteiger partial charge in [-0.3, -0.25) is 4.68 Å². The molecule has 0 amide bonds. The molecule has 0 saturated carbocycles. The zero-order chi connectivity index (χ0) is 15.1. The van der Waals surface area contributed by atoms with Crippen LogP contribution in [0.4, 0.5) is 0 Å². The van der Waals surface area contributed by atoms with Crippen LogP contribution in [0, 0.1) is 0 Å². The molecule has 0 aliphatic rings. The van der Waals surface area contributed by atoms with Crippen molar-refractivity contribution in [3.8, 4) is 0 Å². The van der Waals surface area contributed by atoms with Crippen LogP contribution in [0.2, 0.25) is 0 Å². The molecule has 1 aromatic heterocycles. The van der Waals surface area contributed by atoms with Gasteiger partial charge in [0.25, 0.3) is 0 Å². The summed E-state index contributed by atoms with van der Waals surface area (Å²) in [6.45, 7) is 9.33. The lowest BCUT2D eigenvalue weighted by molar-refractivity contribution is 0.628. The van der Waals surface area contributed by atoms with Crippen LogP contribution >= 0.6 is 11.8 Å². The second-order valence-corrected chi connectivity index (χ2v) is 6.06. The quantitative estimate of drug-likeness (QED) is 0.751. The van der Waals surface area contributed by atoms with Gasteiger partial charge in [0.15, 0.2) is 0 Å². The van der Waals surface area contributed by atoms with Gasteiger partial charge in [-0.2, -0.15) is 5.10 Å². The highest BCUT2D eigenvalue weighted by Crippen LogP contribution is 2.24. The van der Waals surface area contributed by atoms with E-state index in [2.05, 4.69) is 66.2 Å². The molecule has 1 N–H and O–H groups in total. The Labute approximate surface area is 132 Å². The topological polar surface area (TPSA) is 29.9 Å². The SMILES string of the molecule is CCNCc1cccc(SCc2cc(CC)nn2CC)c1. The molecule has 0 atom stereocenters. The molecule has 0 unspecified atom stereocenters. The zero-order valence-corrected chi connectivity index (χ0v) is 14.0. The van der Waals surface area contributed by atoms with Gasteiger partial charge in [0.1, 0.15) is 0 Å². The smallest absolute Gasteiger partial charge is 0.0625 e. The molecule has 3 nitrogen and oxygen atoms in total. The maximum Gasteiger partial charge on any atom is 0.0625 e. The van der Waals surface area contributed by atoms with Gasteiger partial charge in [-0.1, -0.05) is 26.0 Å².